The van der Waals surface area contributed by atoms with Gasteiger partial charge in [0.05, 0.1) is 5.02 Å². The van der Waals surface area contributed by atoms with E-state index >= 15 is 0 Å². The van der Waals surface area contributed by atoms with Crippen molar-refractivity contribution in [1.82, 2.24) is 0 Å². The molecule has 76 valence electrons. The Kier molecular flexibility index (Phi) is 1.86. The van der Waals surface area contributed by atoms with Crippen molar-refractivity contribution in [1.29, 1.82) is 0 Å². The van der Waals surface area contributed by atoms with Crippen LogP contribution >= 0.6 is 11.6 Å². The zero-order chi connectivity index (χ0) is 10.4. The van der Waals surface area contributed by atoms with E-state index in [0.717, 1.165) is 16.5 Å². The molecule has 0 N–H and O–H groups in total. The van der Waals surface area contributed by atoms with Crippen LogP contribution in [0, 0.1) is 0 Å². The number of furan rings is 1. The summed E-state index contributed by atoms with van der Waals surface area (Å²) in [6.07, 6.45) is 2.65. The molecule has 15 heavy (non-hydrogen) atoms. The average Bonchev–Trinajstić information content (AvgIpc) is 2.56. The van der Waals surface area contributed by atoms with Crippen molar-refractivity contribution < 1.29 is 8.81 Å². The van der Waals surface area contributed by atoms with Crippen LogP contribution in [0.3, 0.4) is 0 Å². The van der Waals surface area contributed by atoms with E-state index < -0.39 is 6.17 Å². The fourth-order valence-electron chi connectivity index (χ4n) is 1.95. The largest absolute Gasteiger partial charge is 0.460 e. The van der Waals surface area contributed by atoms with Crippen LogP contribution < -0.4 is 0 Å². The fraction of sp³-hybridized carbons (Fsp3) is 0.167. The van der Waals surface area contributed by atoms with E-state index in [9.17, 15) is 4.39 Å². The summed E-state index contributed by atoms with van der Waals surface area (Å²) in [6.45, 7) is 0. The van der Waals surface area contributed by atoms with Crippen LogP contribution in [-0.2, 0) is 6.42 Å². The number of hydrogen-bond donors (Lipinski definition) is 0. The van der Waals surface area contributed by atoms with E-state index in [0.29, 0.717) is 17.2 Å². The van der Waals surface area contributed by atoms with Crippen LogP contribution in [0.25, 0.3) is 17.0 Å². The highest BCUT2D eigenvalue weighted by Gasteiger charge is 2.20. The Morgan fingerprint density at radius 2 is 2.27 bits per heavy atom. The fourth-order valence-corrected chi connectivity index (χ4v) is 2.22. The molecule has 2 aromatic rings. The number of hydrogen-bond acceptors (Lipinski definition) is 1. The van der Waals surface area contributed by atoms with Gasteiger partial charge in [0.25, 0.3) is 0 Å². The first-order chi connectivity index (χ1) is 7.25. The van der Waals surface area contributed by atoms with E-state index in [1.54, 1.807) is 12.2 Å². The predicted molar refractivity (Wildman–Crippen MR) is 58.9 cm³/mol. The lowest BCUT2D eigenvalue weighted by atomic mass is 10.0. The Morgan fingerprint density at radius 1 is 1.40 bits per heavy atom. The van der Waals surface area contributed by atoms with E-state index in [4.69, 9.17) is 16.0 Å². The van der Waals surface area contributed by atoms with Gasteiger partial charge in [-0.2, -0.15) is 0 Å². The molecule has 0 spiro atoms. The molecule has 3 rings (SSSR count). The van der Waals surface area contributed by atoms with Crippen LogP contribution in [0.2, 0.25) is 5.02 Å². The quantitative estimate of drug-likeness (QED) is 0.657. The third-order valence-electron chi connectivity index (χ3n) is 2.63. The van der Waals surface area contributed by atoms with Crippen molar-refractivity contribution in [2.75, 3.05) is 0 Å². The summed E-state index contributed by atoms with van der Waals surface area (Å²) in [5.74, 6) is 0.688. The highest BCUT2D eigenvalue weighted by Crippen LogP contribution is 2.35. The zero-order valence-corrected chi connectivity index (χ0v) is 8.59. The maximum Gasteiger partial charge on any atom is 0.136 e. The minimum atomic E-state index is -0.947. The SMILES string of the molecule is FC1C=Cc2c(oc3cccc(Cl)c23)C1. The lowest BCUT2D eigenvalue weighted by Crippen LogP contribution is -2.04. The van der Waals surface area contributed by atoms with Crippen LogP contribution in [-0.4, -0.2) is 6.17 Å². The molecule has 0 aliphatic heterocycles. The number of alkyl halides is 1. The summed E-state index contributed by atoms with van der Waals surface area (Å²) >= 11 is 6.08. The van der Waals surface area contributed by atoms with E-state index in [1.807, 2.05) is 18.2 Å². The molecule has 0 fully saturated rings. The molecule has 1 aliphatic carbocycles. The Labute approximate surface area is 91.1 Å². The molecule has 1 aromatic heterocycles. The molecule has 1 aliphatic rings. The van der Waals surface area contributed by atoms with E-state index in [1.165, 1.54) is 0 Å². The van der Waals surface area contributed by atoms with Crippen molar-refractivity contribution in [2.45, 2.75) is 12.6 Å². The van der Waals surface area contributed by atoms with Gasteiger partial charge in [-0.05, 0) is 18.2 Å². The lowest BCUT2D eigenvalue weighted by molar-refractivity contribution is 0.371. The number of allylic oxidation sites excluding steroid dienone is 1. The maximum atomic E-state index is 13.1. The number of benzene rings is 1. The Hall–Kier alpha value is -1.28. The van der Waals surface area contributed by atoms with Crippen molar-refractivity contribution >= 4 is 28.6 Å². The minimum absolute atomic E-state index is 0.302. The van der Waals surface area contributed by atoms with Gasteiger partial charge in [0.15, 0.2) is 0 Å². The third-order valence-corrected chi connectivity index (χ3v) is 2.95. The van der Waals surface area contributed by atoms with Crippen molar-refractivity contribution in [3.05, 3.63) is 40.6 Å². The summed E-state index contributed by atoms with van der Waals surface area (Å²) in [5, 5.41) is 1.54. The second-order valence-corrected chi connectivity index (χ2v) is 4.04. The molecule has 0 bridgehead atoms. The molecule has 1 heterocycles. The van der Waals surface area contributed by atoms with Gasteiger partial charge in [-0.15, -0.1) is 0 Å². The summed E-state index contributed by atoms with van der Waals surface area (Å²) in [6, 6.07) is 5.49. The van der Waals surface area contributed by atoms with E-state index in [-0.39, 0.29) is 0 Å². The maximum absolute atomic E-state index is 13.1. The topological polar surface area (TPSA) is 13.1 Å². The van der Waals surface area contributed by atoms with Crippen molar-refractivity contribution in [2.24, 2.45) is 0 Å². The molecule has 3 heteroatoms. The second kappa shape index (κ2) is 3.11. The number of rotatable bonds is 0. The summed E-state index contributed by atoms with van der Waals surface area (Å²) < 4.78 is 18.7. The van der Waals surface area contributed by atoms with Crippen LogP contribution in [0.1, 0.15) is 11.3 Å². The molecule has 0 saturated carbocycles. The molecule has 1 nitrogen and oxygen atoms in total. The van der Waals surface area contributed by atoms with Gasteiger partial charge in [-0.1, -0.05) is 23.7 Å². The summed E-state index contributed by atoms with van der Waals surface area (Å²) in [7, 11) is 0. The molecule has 1 unspecified atom stereocenters. The molecule has 0 radical (unpaired) electrons. The molecule has 0 saturated heterocycles. The van der Waals surface area contributed by atoms with Gasteiger partial charge < -0.3 is 4.42 Å². The Balaban J connectivity index is 2.36. The number of halogens is 2. The van der Waals surface area contributed by atoms with Crippen molar-refractivity contribution in [3.8, 4) is 0 Å². The minimum Gasteiger partial charge on any atom is -0.460 e. The Morgan fingerprint density at radius 3 is 3.13 bits per heavy atom. The van der Waals surface area contributed by atoms with Gasteiger partial charge in [0.1, 0.15) is 17.5 Å². The predicted octanol–water partition coefficient (Wildman–Crippen LogP) is 3.99. The van der Waals surface area contributed by atoms with Gasteiger partial charge >= 0.3 is 0 Å². The standard InChI is InChI=1S/C12H8ClFO/c13-9-2-1-3-10-12(9)8-5-4-7(14)6-11(8)15-10/h1-5,7H,6H2. The molecule has 0 amide bonds. The van der Waals surface area contributed by atoms with Crippen LogP contribution in [0.15, 0.2) is 28.7 Å². The van der Waals surface area contributed by atoms with Crippen molar-refractivity contribution in [3.63, 3.8) is 0 Å². The average molecular weight is 223 g/mol. The van der Waals surface area contributed by atoms with Gasteiger partial charge in [-0.25, -0.2) is 4.39 Å². The normalized spacial score (nSPS) is 19.5. The number of fused-ring (bicyclic) bond motifs is 3. The first kappa shape index (κ1) is 8.98. The first-order valence-corrected chi connectivity index (χ1v) is 5.15. The molecular formula is C12H8ClFO. The first-order valence-electron chi connectivity index (χ1n) is 4.78. The zero-order valence-electron chi connectivity index (χ0n) is 7.84. The smallest absolute Gasteiger partial charge is 0.136 e. The van der Waals surface area contributed by atoms with Gasteiger partial charge in [-0.3, -0.25) is 0 Å². The highest BCUT2D eigenvalue weighted by molar-refractivity contribution is 6.36. The van der Waals surface area contributed by atoms with Crippen LogP contribution in [0.4, 0.5) is 4.39 Å². The summed E-state index contributed by atoms with van der Waals surface area (Å²) in [4.78, 5) is 0. The third kappa shape index (κ3) is 1.29. The molecular weight excluding hydrogens is 215 g/mol. The Bertz CT molecular complexity index is 556. The second-order valence-electron chi connectivity index (χ2n) is 3.63. The molecule has 1 aromatic carbocycles. The summed E-state index contributed by atoms with van der Waals surface area (Å²) in [5.41, 5.74) is 1.65. The van der Waals surface area contributed by atoms with Gasteiger partial charge in [0, 0.05) is 17.4 Å². The van der Waals surface area contributed by atoms with E-state index in [2.05, 4.69) is 0 Å². The highest BCUT2D eigenvalue weighted by atomic mass is 35.5. The molecule has 1 atom stereocenters. The van der Waals surface area contributed by atoms with Gasteiger partial charge in [0.2, 0.25) is 0 Å². The lowest BCUT2D eigenvalue weighted by Gasteiger charge is -2.06. The van der Waals surface area contributed by atoms with Crippen LogP contribution in [0.5, 0.6) is 0 Å². The monoisotopic (exact) mass is 222 g/mol.